The molecule has 2 heterocycles. The Bertz CT molecular complexity index is 621. The maximum atomic E-state index is 13.9. The van der Waals surface area contributed by atoms with Crippen LogP contribution in [0.15, 0.2) is 18.2 Å². The maximum absolute atomic E-state index is 13.9. The molecular formula is C18H24F2N2O2. The van der Waals surface area contributed by atoms with Gasteiger partial charge in [0.25, 0.3) is 0 Å². The molecule has 0 spiro atoms. The number of hydrogen-bond donors (Lipinski definition) is 1. The van der Waals surface area contributed by atoms with E-state index in [9.17, 15) is 18.7 Å². The van der Waals surface area contributed by atoms with Crippen molar-refractivity contribution in [3.63, 3.8) is 0 Å². The molecule has 0 unspecified atom stereocenters. The van der Waals surface area contributed by atoms with Gasteiger partial charge in [-0.25, -0.2) is 8.78 Å². The first-order valence-corrected chi connectivity index (χ1v) is 8.55. The van der Waals surface area contributed by atoms with E-state index in [1.54, 1.807) is 11.8 Å². The van der Waals surface area contributed by atoms with E-state index >= 15 is 0 Å². The van der Waals surface area contributed by atoms with Crippen LogP contribution in [-0.2, 0) is 11.3 Å². The zero-order chi connectivity index (χ0) is 17.3. The molecule has 132 valence electrons. The zero-order valence-electron chi connectivity index (χ0n) is 14.0. The van der Waals surface area contributed by atoms with Gasteiger partial charge >= 0.3 is 0 Å². The zero-order valence-corrected chi connectivity index (χ0v) is 14.0. The maximum Gasteiger partial charge on any atom is 0.240 e. The van der Waals surface area contributed by atoms with E-state index in [0.29, 0.717) is 18.7 Å². The predicted molar refractivity (Wildman–Crippen MR) is 86.2 cm³/mol. The molecule has 4 nitrogen and oxygen atoms in total. The fourth-order valence-electron chi connectivity index (χ4n) is 3.80. The average Bonchev–Trinajstić information content (AvgIpc) is 2.51. The third-order valence-electron chi connectivity index (χ3n) is 5.02. The molecule has 0 bridgehead atoms. The molecule has 24 heavy (non-hydrogen) atoms. The average molecular weight is 338 g/mol. The minimum absolute atomic E-state index is 0.0253. The fraction of sp³-hybridized carbons (Fsp3) is 0.611. The number of amides is 1. The van der Waals surface area contributed by atoms with Crippen LogP contribution < -0.4 is 0 Å². The molecule has 1 aromatic carbocycles. The van der Waals surface area contributed by atoms with Crippen molar-refractivity contribution < 1.29 is 18.7 Å². The smallest absolute Gasteiger partial charge is 0.240 e. The Hall–Kier alpha value is -1.53. The number of piperidine rings is 2. The molecule has 2 aliphatic heterocycles. The van der Waals surface area contributed by atoms with Crippen molar-refractivity contribution in [3.8, 4) is 0 Å². The van der Waals surface area contributed by atoms with Crippen LogP contribution in [0.2, 0.25) is 0 Å². The van der Waals surface area contributed by atoms with Gasteiger partial charge in [0.05, 0.1) is 11.6 Å². The van der Waals surface area contributed by atoms with Gasteiger partial charge in [-0.2, -0.15) is 0 Å². The first-order valence-electron chi connectivity index (χ1n) is 8.55. The van der Waals surface area contributed by atoms with E-state index < -0.39 is 17.2 Å². The molecule has 2 fully saturated rings. The minimum atomic E-state index is -0.760. The Balaban J connectivity index is 1.70. The van der Waals surface area contributed by atoms with Gasteiger partial charge in [0.15, 0.2) is 0 Å². The topological polar surface area (TPSA) is 43.8 Å². The molecule has 0 aliphatic carbocycles. The van der Waals surface area contributed by atoms with E-state index in [4.69, 9.17) is 0 Å². The summed E-state index contributed by atoms with van der Waals surface area (Å²) in [4.78, 5) is 16.5. The van der Waals surface area contributed by atoms with Gasteiger partial charge < -0.3 is 10.0 Å². The van der Waals surface area contributed by atoms with Gasteiger partial charge in [-0.05, 0) is 45.2 Å². The van der Waals surface area contributed by atoms with E-state index in [2.05, 4.69) is 4.90 Å². The van der Waals surface area contributed by atoms with Crippen molar-refractivity contribution in [2.45, 2.75) is 50.8 Å². The number of carbonyl (C=O) groups excluding carboxylic acids is 1. The number of carbonyl (C=O) groups is 1. The van der Waals surface area contributed by atoms with Gasteiger partial charge in [-0.15, -0.1) is 0 Å². The van der Waals surface area contributed by atoms with Gasteiger partial charge in [-0.1, -0.05) is 6.07 Å². The molecule has 0 aromatic heterocycles. The third-order valence-corrected chi connectivity index (χ3v) is 5.02. The summed E-state index contributed by atoms with van der Waals surface area (Å²) in [6.45, 7) is 3.83. The van der Waals surface area contributed by atoms with Crippen LogP contribution in [0.1, 0.15) is 38.2 Å². The quantitative estimate of drug-likeness (QED) is 0.920. The lowest BCUT2D eigenvalue weighted by atomic mass is 9.92. The van der Waals surface area contributed by atoms with Crippen LogP contribution in [0.4, 0.5) is 8.78 Å². The highest BCUT2D eigenvalue weighted by Gasteiger charge is 2.38. The highest BCUT2D eigenvalue weighted by atomic mass is 19.1. The highest BCUT2D eigenvalue weighted by Crippen LogP contribution is 2.27. The summed E-state index contributed by atoms with van der Waals surface area (Å²) in [6, 6.07) is 3.21. The molecule has 1 amide bonds. The van der Waals surface area contributed by atoms with Crippen molar-refractivity contribution in [2.24, 2.45) is 0 Å². The Labute approximate surface area is 141 Å². The molecule has 1 aromatic rings. The monoisotopic (exact) mass is 338 g/mol. The Morgan fingerprint density at radius 2 is 2.08 bits per heavy atom. The Kier molecular flexibility index (Phi) is 4.88. The number of rotatable bonds is 3. The first kappa shape index (κ1) is 17.3. The van der Waals surface area contributed by atoms with Gasteiger partial charge in [0, 0.05) is 31.3 Å². The number of aliphatic hydroxyl groups is 1. The summed E-state index contributed by atoms with van der Waals surface area (Å²) >= 11 is 0. The van der Waals surface area contributed by atoms with Gasteiger partial charge in [0.2, 0.25) is 5.91 Å². The minimum Gasteiger partial charge on any atom is -0.389 e. The van der Waals surface area contributed by atoms with Gasteiger partial charge in [-0.3, -0.25) is 9.69 Å². The largest absolute Gasteiger partial charge is 0.389 e. The molecule has 6 heteroatoms. The molecule has 1 N–H and O–H groups in total. The third kappa shape index (κ3) is 3.75. The Morgan fingerprint density at radius 1 is 1.29 bits per heavy atom. The predicted octanol–water partition coefficient (Wildman–Crippen LogP) is 2.30. The molecule has 2 aliphatic rings. The summed E-state index contributed by atoms with van der Waals surface area (Å²) in [6.07, 6.45) is 3.22. The molecule has 2 saturated heterocycles. The van der Waals surface area contributed by atoms with E-state index in [1.165, 1.54) is 12.1 Å². The van der Waals surface area contributed by atoms with Crippen molar-refractivity contribution in [3.05, 3.63) is 35.4 Å². The van der Waals surface area contributed by atoms with E-state index in [0.717, 1.165) is 38.3 Å². The van der Waals surface area contributed by atoms with Crippen LogP contribution in [0.25, 0.3) is 0 Å². The van der Waals surface area contributed by atoms with Crippen LogP contribution in [0, 0.1) is 11.6 Å². The summed E-state index contributed by atoms with van der Waals surface area (Å²) < 4.78 is 26.9. The summed E-state index contributed by atoms with van der Waals surface area (Å²) in [5, 5.41) is 10.3. The summed E-state index contributed by atoms with van der Waals surface area (Å²) in [7, 11) is 0. The fourth-order valence-corrected chi connectivity index (χ4v) is 3.80. The van der Waals surface area contributed by atoms with Crippen LogP contribution >= 0.6 is 0 Å². The van der Waals surface area contributed by atoms with Crippen molar-refractivity contribution in [1.82, 2.24) is 9.80 Å². The number of halogens is 2. The SMILES string of the molecule is C[C@@]1(O)CCCN([C@H]2CCCN(Cc3ccc(F)cc3F)C2=O)C1. The number of benzene rings is 1. The van der Waals surface area contributed by atoms with Crippen molar-refractivity contribution >= 4 is 5.91 Å². The second-order valence-electron chi connectivity index (χ2n) is 7.22. The van der Waals surface area contributed by atoms with Crippen LogP contribution in [-0.4, -0.2) is 52.1 Å². The summed E-state index contributed by atoms with van der Waals surface area (Å²) in [5.74, 6) is -1.26. The normalized spacial score (nSPS) is 29.1. The summed E-state index contributed by atoms with van der Waals surface area (Å²) in [5.41, 5.74) is -0.430. The molecule has 0 saturated carbocycles. The standard InChI is InChI=1S/C18H24F2N2O2/c1-18(24)7-3-9-22(12-18)16-4-2-8-21(17(16)23)11-13-5-6-14(19)10-15(13)20/h5-6,10,16,24H,2-4,7-9,11-12H2,1H3/t16-,18+/m0/s1. The molecule has 2 atom stereocenters. The number of β-amino-alcohol motifs (C(OH)–C–C–N with tert-alkyl or cyclic N) is 1. The first-order chi connectivity index (χ1) is 11.4. The van der Waals surface area contributed by atoms with Gasteiger partial charge in [0.1, 0.15) is 11.6 Å². The highest BCUT2D eigenvalue weighted by molar-refractivity contribution is 5.82. The van der Waals surface area contributed by atoms with Crippen molar-refractivity contribution in [1.29, 1.82) is 0 Å². The number of likely N-dealkylation sites (tertiary alicyclic amines) is 2. The lowest BCUT2D eigenvalue weighted by molar-refractivity contribution is -0.143. The number of hydrogen-bond acceptors (Lipinski definition) is 3. The molecule has 0 radical (unpaired) electrons. The second kappa shape index (κ2) is 6.76. The second-order valence-corrected chi connectivity index (χ2v) is 7.22. The van der Waals surface area contributed by atoms with E-state index in [1.807, 2.05) is 0 Å². The lowest BCUT2D eigenvalue weighted by Gasteiger charge is -2.44. The Morgan fingerprint density at radius 3 is 2.79 bits per heavy atom. The lowest BCUT2D eigenvalue weighted by Crippen LogP contribution is -2.57. The van der Waals surface area contributed by atoms with Crippen molar-refractivity contribution in [2.75, 3.05) is 19.6 Å². The molecular weight excluding hydrogens is 314 g/mol. The van der Waals surface area contributed by atoms with Crippen LogP contribution in [0.5, 0.6) is 0 Å². The molecule has 3 rings (SSSR count). The van der Waals surface area contributed by atoms with E-state index in [-0.39, 0.29) is 18.5 Å². The van der Waals surface area contributed by atoms with Crippen LogP contribution in [0.3, 0.4) is 0 Å². The number of nitrogens with zero attached hydrogens (tertiary/aromatic N) is 2.